The van der Waals surface area contributed by atoms with E-state index in [9.17, 15) is 0 Å². The molecule has 0 bridgehead atoms. The van der Waals surface area contributed by atoms with Crippen LogP contribution in [0.3, 0.4) is 0 Å². The van der Waals surface area contributed by atoms with Gasteiger partial charge in [-0.05, 0) is 31.9 Å². The van der Waals surface area contributed by atoms with Crippen LogP contribution in [0.25, 0.3) is 0 Å². The average molecular weight is 234 g/mol. The first-order valence-corrected chi connectivity index (χ1v) is 6.72. The van der Waals surface area contributed by atoms with Crippen LogP contribution in [0.2, 0.25) is 0 Å². The lowest BCUT2D eigenvalue weighted by molar-refractivity contribution is 0.738. The van der Waals surface area contributed by atoms with E-state index >= 15 is 0 Å². The molecule has 0 aliphatic carbocycles. The minimum Gasteiger partial charge on any atom is -0.335 e. The maximum atomic E-state index is 4.63. The third kappa shape index (κ3) is 2.59. The lowest BCUT2D eigenvalue weighted by atomic mass is 10.1. The standard InChI is InChI=1S/C13H18N2S/c1-4-11-8-16-13(14-11)15-12-6-5-9(2)7-10(12)3/h5-7,11H,4,8H2,1-3H3,(H,14,15). The van der Waals surface area contributed by atoms with Crippen molar-refractivity contribution in [3.8, 4) is 0 Å². The number of aliphatic imine (C=N–C) groups is 1. The Morgan fingerprint density at radius 3 is 2.88 bits per heavy atom. The maximum absolute atomic E-state index is 4.63. The van der Waals surface area contributed by atoms with Crippen LogP contribution >= 0.6 is 11.8 Å². The molecule has 0 radical (unpaired) electrons. The fraction of sp³-hybridized carbons (Fsp3) is 0.462. The van der Waals surface area contributed by atoms with E-state index in [4.69, 9.17) is 0 Å². The second-order valence-corrected chi connectivity index (χ2v) is 5.26. The van der Waals surface area contributed by atoms with Gasteiger partial charge in [-0.25, -0.2) is 0 Å². The molecule has 1 aliphatic heterocycles. The summed E-state index contributed by atoms with van der Waals surface area (Å²) in [5, 5.41) is 4.48. The number of thioether (sulfide) groups is 1. The molecule has 0 aromatic heterocycles. The zero-order valence-corrected chi connectivity index (χ0v) is 10.9. The molecule has 1 aliphatic rings. The Morgan fingerprint density at radius 2 is 2.25 bits per heavy atom. The Labute approximate surface area is 102 Å². The van der Waals surface area contributed by atoms with Crippen molar-refractivity contribution in [2.75, 3.05) is 11.1 Å². The van der Waals surface area contributed by atoms with Crippen molar-refractivity contribution in [3.05, 3.63) is 29.3 Å². The molecule has 1 aromatic carbocycles. The molecule has 1 aromatic rings. The zero-order chi connectivity index (χ0) is 11.5. The van der Waals surface area contributed by atoms with Gasteiger partial charge in [0.1, 0.15) is 0 Å². The zero-order valence-electron chi connectivity index (χ0n) is 10.1. The number of nitrogens with zero attached hydrogens (tertiary/aromatic N) is 1. The van der Waals surface area contributed by atoms with Crippen molar-refractivity contribution in [2.45, 2.75) is 33.2 Å². The van der Waals surface area contributed by atoms with Gasteiger partial charge in [0, 0.05) is 11.4 Å². The Balaban J connectivity index is 2.10. The normalized spacial score (nSPS) is 19.7. The van der Waals surface area contributed by atoms with Crippen LogP contribution in [-0.2, 0) is 0 Å². The molecule has 0 fully saturated rings. The highest BCUT2D eigenvalue weighted by molar-refractivity contribution is 8.14. The monoisotopic (exact) mass is 234 g/mol. The van der Waals surface area contributed by atoms with E-state index in [-0.39, 0.29) is 0 Å². The van der Waals surface area contributed by atoms with Gasteiger partial charge in [0.2, 0.25) is 0 Å². The van der Waals surface area contributed by atoms with Crippen LogP contribution in [0.15, 0.2) is 23.2 Å². The van der Waals surface area contributed by atoms with Gasteiger partial charge in [-0.2, -0.15) is 0 Å². The van der Waals surface area contributed by atoms with Gasteiger partial charge in [0.05, 0.1) is 6.04 Å². The summed E-state index contributed by atoms with van der Waals surface area (Å²) in [7, 11) is 0. The van der Waals surface area contributed by atoms with Crippen molar-refractivity contribution < 1.29 is 0 Å². The Kier molecular flexibility index (Phi) is 3.54. The first-order chi connectivity index (χ1) is 7.69. The molecule has 16 heavy (non-hydrogen) atoms. The lowest BCUT2D eigenvalue weighted by Crippen LogP contribution is -2.06. The van der Waals surface area contributed by atoms with Gasteiger partial charge in [-0.1, -0.05) is 36.4 Å². The number of benzene rings is 1. The average Bonchev–Trinajstić information content (AvgIpc) is 2.70. The van der Waals surface area contributed by atoms with Gasteiger partial charge >= 0.3 is 0 Å². The van der Waals surface area contributed by atoms with Crippen LogP contribution in [-0.4, -0.2) is 17.0 Å². The van der Waals surface area contributed by atoms with E-state index in [2.05, 4.69) is 49.3 Å². The topological polar surface area (TPSA) is 24.4 Å². The minimum atomic E-state index is 0.498. The van der Waals surface area contributed by atoms with Crippen LogP contribution in [0.5, 0.6) is 0 Å². The highest BCUT2D eigenvalue weighted by Gasteiger charge is 2.16. The molecule has 2 rings (SSSR count). The van der Waals surface area contributed by atoms with Crippen molar-refractivity contribution >= 4 is 22.6 Å². The van der Waals surface area contributed by atoms with Crippen LogP contribution < -0.4 is 5.32 Å². The molecule has 86 valence electrons. The predicted molar refractivity (Wildman–Crippen MR) is 73.5 cm³/mol. The van der Waals surface area contributed by atoms with E-state index in [1.165, 1.54) is 16.8 Å². The summed E-state index contributed by atoms with van der Waals surface area (Å²) in [5.74, 6) is 1.11. The summed E-state index contributed by atoms with van der Waals surface area (Å²) in [4.78, 5) is 4.63. The third-order valence-electron chi connectivity index (χ3n) is 2.81. The van der Waals surface area contributed by atoms with Crippen molar-refractivity contribution in [1.29, 1.82) is 0 Å². The fourth-order valence-electron chi connectivity index (χ4n) is 1.76. The fourth-order valence-corrected chi connectivity index (χ4v) is 2.83. The van der Waals surface area contributed by atoms with Crippen LogP contribution in [0.4, 0.5) is 5.69 Å². The van der Waals surface area contributed by atoms with Gasteiger partial charge in [-0.15, -0.1) is 0 Å². The van der Waals surface area contributed by atoms with Gasteiger partial charge in [0.25, 0.3) is 0 Å². The molecule has 0 spiro atoms. The second kappa shape index (κ2) is 4.91. The minimum absolute atomic E-state index is 0.498. The number of anilines is 1. The van der Waals surface area contributed by atoms with Crippen LogP contribution in [0.1, 0.15) is 24.5 Å². The van der Waals surface area contributed by atoms with E-state index in [0.717, 1.165) is 17.3 Å². The highest BCUT2D eigenvalue weighted by atomic mass is 32.2. The predicted octanol–water partition coefficient (Wildman–Crippen LogP) is 3.60. The summed E-state index contributed by atoms with van der Waals surface area (Å²) in [6, 6.07) is 6.96. The molecule has 0 saturated heterocycles. The molecular weight excluding hydrogens is 216 g/mol. The molecule has 1 unspecified atom stereocenters. The molecule has 1 atom stereocenters. The van der Waals surface area contributed by atoms with E-state index < -0.39 is 0 Å². The summed E-state index contributed by atoms with van der Waals surface area (Å²) >= 11 is 1.82. The summed E-state index contributed by atoms with van der Waals surface area (Å²) < 4.78 is 0. The third-order valence-corrected chi connectivity index (χ3v) is 3.84. The van der Waals surface area contributed by atoms with E-state index in [0.29, 0.717) is 6.04 Å². The molecule has 2 nitrogen and oxygen atoms in total. The van der Waals surface area contributed by atoms with Gasteiger partial charge < -0.3 is 5.32 Å². The molecular formula is C13H18N2S. The molecule has 1 N–H and O–H groups in total. The number of hydrogen-bond acceptors (Lipinski definition) is 3. The van der Waals surface area contributed by atoms with Crippen molar-refractivity contribution in [1.82, 2.24) is 0 Å². The lowest BCUT2D eigenvalue weighted by Gasteiger charge is -2.08. The van der Waals surface area contributed by atoms with E-state index in [1.54, 1.807) is 0 Å². The van der Waals surface area contributed by atoms with Gasteiger partial charge in [0.15, 0.2) is 5.17 Å². The van der Waals surface area contributed by atoms with Crippen molar-refractivity contribution in [2.24, 2.45) is 4.99 Å². The van der Waals surface area contributed by atoms with Crippen molar-refractivity contribution in [3.63, 3.8) is 0 Å². The summed E-state index contributed by atoms with van der Waals surface area (Å²) in [6.07, 6.45) is 1.13. The number of amidine groups is 1. The molecule has 0 amide bonds. The number of nitrogens with one attached hydrogen (secondary N) is 1. The number of aryl methyl sites for hydroxylation is 2. The smallest absolute Gasteiger partial charge is 0.161 e. The van der Waals surface area contributed by atoms with Gasteiger partial charge in [-0.3, -0.25) is 4.99 Å². The second-order valence-electron chi connectivity index (χ2n) is 4.25. The molecule has 3 heteroatoms. The highest BCUT2D eigenvalue weighted by Crippen LogP contribution is 2.23. The molecule has 1 heterocycles. The first-order valence-electron chi connectivity index (χ1n) is 5.74. The number of rotatable bonds is 2. The molecule has 0 saturated carbocycles. The summed E-state index contributed by atoms with van der Waals surface area (Å²) in [6.45, 7) is 6.44. The number of hydrogen-bond donors (Lipinski definition) is 1. The Morgan fingerprint density at radius 1 is 1.44 bits per heavy atom. The Bertz CT molecular complexity index is 412. The maximum Gasteiger partial charge on any atom is 0.161 e. The SMILES string of the molecule is CCC1CSC(Nc2ccc(C)cc2C)=N1. The van der Waals surface area contributed by atoms with E-state index in [1.807, 2.05) is 11.8 Å². The van der Waals surface area contributed by atoms with Crippen LogP contribution in [0, 0.1) is 13.8 Å². The largest absolute Gasteiger partial charge is 0.335 e. The Hall–Kier alpha value is -0.960. The summed E-state index contributed by atoms with van der Waals surface area (Å²) in [5.41, 5.74) is 3.76. The quantitative estimate of drug-likeness (QED) is 0.845. The first kappa shape index (κ1) is 11.5.